The highest BCUT2D eigenvalue weighted by molar-refractivity contribution is 5.79. The van der Waals surface area contributed by atoms with E-state index in [1.165, 1.54) is 5.56 Å². The maximum absolute atomic E-state index is 5.28. The fourth-order valence-electron chi connectivity index (χ4n) is 3.50. The number of aromatic nitrogens is 2. The van der Waals surface area contributed by atoms with Gasteiger partial charge in [-0.2, -0.15) is 0 Å². The summed E-state index contributed by atoms with van der Waals surface area (Å²) in [5, 5.41) is 3.50. The predicted molar refractivity (Wildman–Crippen MR) is 126 cm³/mol. The van der Waals surface area contributed by atoms with Gasteiger partial charge in [0.15, 0.2) is 5.96 Å². The van der Waals surface area contributed by atoms with E-state index in [-0.39, 0.29) is 6.04 Å². The van der Waals surface area contributed by atoms with Crippen molar-refractivity contribution in [2.45, 2.75) is 12.6 Å². The smallest absolute Gasteiger partial charge is 0.193 e. The molecule has 31 heavy (non-hydrogen) atoms. The Balaban J connectivity index is 1.62. The summed E-state index contributed by atoms with van der Waals surface area (Å²) in [6.45, 7) is 1.35. The molecular weight excluding hydrogens is 388 g/mol. The minimum absolute atomic E-state index is 0.198. The van der Waals surface area contributed by atoms with Gasteiger partial charge in [0.05, 0.1) is 31.6 Å². The number of hydrogen-bond donors (Lipinski definition) is 2. The quantitative estimate of drug-likeness (QED) is 0.432. The van der Waals surface area contributed by atoms with E-state index in [1.54, 1.807) is 14.2 Å². The first-order valence-corrected chi connectivity index (χ1v) is 10.3. The van der Waals surface area contributed by atoms with Crippen molar-refractivity contribution >= 4 is 5.96 Å². The Bertz CT molecular complexity index is 965. The molecule has 164 valence electrons. The summed E-state index contributed by atoms with van der Waals surface area (Å²) < 4.78 is 5.28. The molecule has 3 aromatic rings. The number of nitrogens with zero attached hydrogens (tertiary/aromatic N) is 4. The van der Waals surface area contributed by atoms with Crippen molar-refractivity contribution in [1.82, 2.24) is 25.1 Å². The molecule has 0 saturated carbocycles. The average Bonchev–Trinajstić information content (AvgIpc) is 3.25. The van der Waals surface area contributed by atoms with E-state index >= 15 is 0 Å². The minimum Gasteiger partial charge on any atom is -0.497 e. The van der Waals surface area contributed by atoms with Crippen LogP contribution in [-0.4, -0.2) is 67.6 Å². The molecule has 0 radical (unpaired) electrons. The number of methoxy groups -OCH3 is 1. The summed E-state index contributed by atoms with van der Waals surface area (Å²) in [5.74, 6) is 2.57. The largest absolute Gasteiger partial charge is 0.497 e. The number of benzene rings is 2. The number of likely N-dealkylation sites (N-methyl/N-ethyl adjacent to an activating group) is 1. The molecule has 3 rings (SSSR count). The molecule has 0 aliphatic heterocycles. The van der Waals surface area contributed by atoms with Crippen LogP contribution in [0.15, 0.2) is 65.8 Å². The van der Waals surface area contributed by atoms with Crippen molar-refractivity contribution in [1.29, 1.82) is 0 Å². The molecule has 7 heteroatoms. The van der Waals surface area contributed by atoms with E-state index in [4.69, 9.17) is 4.74 Å². The van der Waals surface area contributed by atoms with Gasteiger partial charge in [-0.25, -0.2) is 4.98 Å². The van der Waals surface area contributed by atoms with Gasteiger partial charge in [0.25, 0.3) is 0 Å². The number of aromatic amines is 1. The molecule has 0 fully saturated rings. The zero-order chi connectivity index (χ0) is 22.2. The maximum Gasteiger partial charge on any atom is 0.193 e. The molecule has 7 nitrogen and oxygen atoms in total. The highest BCUT2D eigenvalue weighted by Gasteiger charge is 2.17. The first-order valence-electron chi connectivity index (χ1n) is 10.3. The third-order valence-corrected chi connectivity index (χ3v) is 5.25. The van der Waals surface area contributed by atoms with E-state index in [9.17, 15) is 0 Å². The highest BCUT2D eigenvalue weighted by Crippen LogP contribution is 2.21. The van der Waals surface area contributed by atoms with Crippen LogP contribution in [0.2, 0.25) is 0 Å². The van der Waals surface area contributed by atoms with Crippen LogP contribution in [0.5, 0.6) is 5.75 Å². The Labute approximate surface area is 184 Å². The lowest BCUT2D eigenvalue weighted by atomic mass is 10.1. The van der Waals surface area contributed by atoms with E-state index < -0.39 is 0 Å². The van der Waals surface area contributed by atoms with Crippen molar-refractivity contribution in [3.63, 3.8) is 0 Å². The van der Waals surface area contributed by atoms with Crippen molar-refractivity contribution in [2.75, 3.05) is 41.8 Å². The lowest BCUT2D eigenvalue weighted by molar-refractivity contribution is 0.295. The van der Waals surface area contributed by atoms with Gasteiger partial charge in [0.1, 0.15) is 11.6 Å². The fourth-order valence-corrected chi connectivity index (χ4v) is 3.50. The van der Waals surface area contributed by atoms with E-state index in [0.717, 1.165) is 35.3 Å². The van der Waals surface area contributed by atoms with Crippen molar-refractivity contribution in [3.05, 3.63) is 72.2 Å². The Kier molecular flexibility index (Phi) is 7.67. The molecule has 2 aromatic carbocycles. The van der Waals surface area contributed by atoms with Crippen LogP contribution in [0.4, 0.5) is 0 Å². The number of aliphatic imine (C=N–C) groups is 1. The second-order valence-corrected chi connectivity index (χ2v) is 7.65. The van der Waals surface area contributed by atoms with Crippen LogP contribution < -0.4 is 10.1 Å². The Morgan fingerprint density at radius 2 is 1.81 bits per heavy atom. The number of hydrogen-bond acceptors (Lipinski definition) is 4. The van der Waals surface area contributed by atoms with Gasteiger partial charge in [0, 0.05) is 20.6 Å². The minimum atomic E-state index is 0.198. The first kappa shape index (κ1) is 22.4. The second-order valence-electron chi connectivity index (χ2n) is 7.65. The molecule has 1 atom stereocenters. The number of guanidine groups is 1. The van der Waals surface area contributed by atoms with Gasteiger partial charge < -0.3 is 24.8 Å². The van der Waals surface area contributed by atoms with Gasteiger partial charge in [-0.3, -0.25) is 4.99 Å². The van der Waals surface area contributed by atoms with E-state index in [0.29, 0.717) is 6.54 Å². The normalized spacial score (nSPS) is 12.6. The van der Waals surface area contributed by atoms with Crippen LogP contribution in [-0.2, 0) is 6.54 Å². The van der Waals surface area contributed by atoms with Crippen molar-refractivity contribution in [3.8, 4) is 17.0 Å². The van der Waals surface area contributed by atoms with Crippen LogP contribution in [0.25, 0.3) is 11.3 Å². The number of rotatable bonds is 8. The molecule has 0 amide bonds. The average molecular weight is 421 g/mol. The Morgan fingerprint density at radius 3 is 2.42 bits per heavy atom. The number of imidazole rings is 1. The monoisotopic (exact) mass is 420 g/mol. The standard InChI is InChI=1S/C24H32N6O/c1-25-24(27-16-22(29(2)3)19-11-13-20(31-5)14-12-19)30(4)17-23-26-15-21(28-23)18-9-7-6-8-10-18/h6-15,22H,16-17H2,1-5H3,(H,25,27)(H,26,28). The van der Waals surface area contributed by atoms with Crippen LogP contribution in [0.1, 0.15) is 17.4 Å². The molecule has 0 aliphatic rings. The highest BCUT2D eigenvalue weighted by atomic mass is 16.5. The number of nitrogens with one attached hydrogen (secondary N) is 2. The summed E-state index contributed by atoms with van der Waals surface area (Å²) in [6, 6.07) is 18.6. The molecule has 0 bridgehead atoms. The molecule has 2 N–H and O–H groups in total. The van der Waals surface area contributed by atoms with Crippen molar-refractivity contribution < 1.29 is 4.74 Å². The van der Waals surface area contributed by atoms with Crippen LogP contribution in [0, 0.1) is 0 Å². The summed E-state index contributed by atoms with van der Waals surface area (Å²) >= 11 is 0. The molecule has 0 spiro atoms. The molecule has 1 unspecified atom stereocenters. The lowest BCUT2D eigenvalue weighted by Crippen LogP contribution is -2.42. The van der Waals surface area contributed by atoms with Gasteiger partial charge in [0.2, 0.25) is 0 Å². The summed E-state index contributed by atoms with van der Waals surface area (Å²) in [5.41, 5.74) is 3.36. The van der Waals surface area contributed by atoms with E-state index in [1.807, 2.05) is 43.6 Å². The van der Waals surface area contributed by atoms with Gasteiger partial charge in [-0.05, 0) is 37.4 Å². The van der Waals surface area contributed by atoms with E-state index in [2.05, 4.69) is 68.4 Å². The Morgan fingerprint density at radius 1 is 1.10 bits per heavy atom. The van der Waals surface area contributed by atoms with Gasteiger partial charge in [-0.1, -0.05) is 42.5 Å². The topological polar surface area (TPSA) is 68.8 Å². The van der Waals surface area contributed by atoms with Crippen molar-refractivity contribution in [2.24, 2.45) is 4.99 Å². The predicted octanol–water partition coefficient (Wildman–Crippen LogP) is 3.40. The Hall–Kier alpha value is -3.32. The lowest BCUT2D eigenvalue weighted by Gasteiger charge is -2.28. The summed E-state index contributed by atoms with van der Waals surface area (Å²) in [4.78, 5) is 16.7. The molecule has 1 aromatic heterocycles. The van der Waals surface area contributed by atoms with Crippen LogP contribution >= 0.6 is 0 Å². The third kappa shape index (κ3) is 5.86. The number of ether oxygens (including phenoxy) is 1. The summed E-state index contributed by atoms with van der Waals surface area (Å²) in [6.07, 6.45) is 1.88. The number of H-pyrrole nitrogens is 1. The summed E-state index contributed by atoms with van der Waals surface area (Å²) in [7, 11) is 9.65. The van der Waals surface area contributed by atoms with Gasteiger partial charge >= 0.3 is 0 Å². The SMILES string of the molecule is CN=C(NCC(c1ccc(OC)cc1)N(C)C)N(C)Cc1ncc(-c2ccccc2)[nH]1. The third-order valence-electron chi connectivity index (χ3n) is 5.25. The zero-order valence-corrected chi connectivity index (χ0v) is 19.0. The molecule has 0 saturated heterocycles. The zero-order valence-electron chi connectivity index (χ0n) is 19.0. The maximum atomic E-state index is 5.28. The molecular formula is C24H32N6O. The first-order chi connectivity index (χ1) is 15.0. The molecule has 0 aliphatic carbocycles. The second kappa shape index (κ2) is 10.6. The fraction of sp³-hybridized carbons (Fsp3) is 0.333. The van der Waals surface area contributed by atoms with Gasteiger partial charge in [-0.15, -0.1) is 0 Å². The van der Waals surface area contributed by atoms with Crippen LogP contribution in [0.3, 0.4) is 0 Å². The molecule has 1 heterocycles.